The minimum atomic E-state index is -0.871. The van der Waals surface area contributed by atoms with Gasteiger partial charge in [-0.1, -0.05) is 26.7 Å². The van der Waals surface area contributed by atoms with Gasteiger partial charge in [0.2, 0.25) is 5.91 Å². The fraction of sp³-hybridized carbons (Fsp3) is 0.818. The standard InChI is InChI=1S/C11H21NO3S/c1-4-6-7-11(5-2,10(14)15)16-8(3)9(12)13/h8H,4-7H2,1-3H3,(H2,12,13)(H,14,15). The Morgan fingerprint density at radius 1 is 1.44 bits per heavy atom. The fourth-order valence-corrected chi connectivity index (χ4v) is 2.81. The minimum Gasteiger partial charge on any atom is -0.480 e. The van der Waals surface area contributed by atoms with Gasteiger partial charge >= 0.3 is 5.97 Å². The van der Waals surface area contributed by atoms with Crippen LogP contribution in [-0.2, 0) is 9.59 Å². The van der Waals surface area contributed by atoms with Crippen molar-refractivity contribution in [3.63, 3.8) is 0 Å². The summed E-state index contributed by atoms with van der Waals surface area (Å²) in [5.74, 6) is -1.30. The molecule has 5 heteroatoms. The third kappa shape index (κ3) is 4.04. The first-order chi connectivity index (χ1) is 7.39. The minimum absolute atomic E-state index is 0.458. The zero-order valence-electron chi connectivity index (χ0n) is 10.2. The number of amides is 1. The maximum Gasteiger partial charge on any atom is 0.319 e. The van der Waals surface area contributed by atoms with E-state index in [9.17, 15) is 14.7 Å². The largest absolute Gasteiger partial charge is 0.480 e. The molecule has 0 aliphatic rings. The third-order valence-corrected chi connectivity index (χ3v) is 4.40. The van der Waals surface area contributed by atoms with E-state index < -0.39 is 21.9 Å². The normalized spacial score (nSPS) is 16.4. The maximum atomic E-state index is 11.3. The first-order valence-electron chi connectivity index (χ1n) is 5.60. The molecule has 0 radical (unpaired) electrons. The number of carbonyl (C=O) groups excluding carboxylic acids is 1. The molecule has 0 spiro atoms. The zero-order chi connectivity index (χ0) is 12.8. The van der Waals surface area contributed by atoms with Crippen LogP contribution in [0.4, 0.5) is 0 Å². The van der Waals surface area contributed by atoms with Crippen molar-refractivity contribution in [2.24, 2.45) is 5.73 Å². The number of carboxylic acid groups (broad SMARTS) is 1. The summed E-state index contributed by atoms with van der Waals surface area (Å²) in [5, 5.41) is 8.84. The summed E-state index contributed by atoms with van der Waals surface area (Å²) in [5.41, 5.74) is 5.17. The van der Waals surface area contributed by atoms with Crippen LogP contribution >= 0.6 is 11.8 Å². The summed E-state index contributed by atoms with van der Waals surface area (Å²) in [6.07, 6.45) is 2.88. The highest BCUT2D eigenvalue weighted by Gasteiger charge is 2.39. The molecule has 94 valence electrons. The van der Waals surface area contributed by atoms with E-state index in [1.165, 1.54) is 11.8 Å². The van der Waals surface area contributed by atoms with Gasteiger partial charge in [0.05, 0.1) is 5.25 Å². The second-order valence-corrected chi connectivity index (χ2v) is 5.64. The van der Waals surface area contributed by atoms with Crippen molar-refractivity contribution in [2.75, 3.05) is 0 Å². The molecule has 0 rings (SSSR count). The number of aliphatic carboxylic acids is 1. The van der Waals surface area contributed by atoms with Crippen molar-refractivity contribution in [3.05, 3.63) is 0 Å². The highest BCUT2D eigenvalue weighted by atomic mass is 32.2. The molecule has 16 heavy (non-hydrogen) atoms. The van der Waals surface area contributed by atoms with Gasteiger partial charge in [0.1, 0.15) is 4.75 Å². The van der Waals surface area contributed by atoms with E-state index in [-0.39, 0.29) is 0 Å². The number of carbonyl (C=O) groups is 2. The number of thioether (sulfide) groups is 1. The first-order valence-corrected chi connectivity index (χ1v) is 6.48. The summed E-state index contributed by atoms with van der Waals surface area (Å²) in [7, 11) is 0. The topological polar surface area (TPSA) is 80.4 Å². The second kappa shape index (κ2) is 6.78. The number of hydrogen-bond donors (Lipinski definition) is 2. The quantitative estimate of drug-likeness (QED) is 0.687. The van der Waals surface area contributed by atoms with Gasteiger partial charge in [-0.15, -0.1) is 11.8 Å². The highest BCUT2D eigenvalue weighted by Crippen LogP contribution is 2.37. The second-order valence-electron chi connectivity index (χ2n) is 3.92. The van der Waals surface area contributed by atoms with Gasteiger partial charge in [-0.25, -0.2) is 0 Å². The van der Waals surface area contributed by atoms with Gasteiger partial charge < -0.3 is 10.8 Å². The van der Waals surface area contributed by atoms with Gasteiger partial charge in [0.25, 0.3) is 0 Å². The van der Waals surface area contributed by atoms with Crippen molar-refractivity contribution in [3.8, 4) is 0 Å². The lowest BCUT2D eigenvalue weighted by molar-refractivity contribution is -0.140. The van der Waals surface area contributed by atoms with Crippen LogP contribution in [0, 0.1) is 0 Å². The Morgan fingerprint density at radius 3 is 2.31 bits per heavy atom. The molecule has 0 fully saturated rings. The van der Waals surface area contributed by atoms with E-state index in [4.69, 9.17) is 5.73 Å². The van der Waals surface area contributed by atoms with Gasteiger partial charge in [-0.3, -0.25) is 9.59 Å². The number of hydrogen-bond acceptors (Lipinski definition) is 3. The van der Waals surface area contributed by atoms with Crippen molar-refractivity contribution in [2.45, 2.75) is 56.5 Å². The van der Waals surface area contributed by atoms with Crippen molar-refractivity contribution >= 4 is 23.6 Å². The predicted octanol–water partition coefficient (Wildman–Crippen LogP) is 2.02. The molecule has 1 amide bonds. The number of unbranched alkanes of at least 4 members (excludes halogenated alkanes) is 1. The summed E-state index contributed by atoms with van der Waals surface area (Å²) in [4.78, 5) is 22.3. The van der Waals surface area contributed by atoms with Crippen molar-refractivity contribution in [1.29, 1.82) is 0 Å². The summed E-state index contributed by atoms with van der Waals surface area (Å²) in [6, 6.07) is 0. The van der Waals surface area contributed by atoms with Crippen LogP contribution in [0.2, 0.25) is 0 Å². The molecule has 4 nitrogen and oxygen atoms in total. The van der Waals surface area contributed by atoms with E-state index in [1.54, 1.807) is 6.92 Å². The Labute approximate surface area is 101 Å². The SMILES string of the molecule is CCCCC(CC)(SC(C)C(N)=O)C(=O)O. The molecule has 0 aromatic carbocycles. The lowest BCUT2D eigenvalue weighted by atomic mass is 9.98. The number of primary amides is 1. The van der Waals surface area contributed by atoms with E-state index in [1.807, 2.05) is 13.8 Å². The van der Waals surface area contributed by atoms with Crippen LogP contribution in [0.15, 0.2) is 0 Å². The molecule has 0 aliphatic heterocycles. The third-order valence-electron chi connectivity index (χ3n) is 2.70. The Hall–Kier alpha value is -0.710. The van der Waals surface area contributed by atoms with Gasteiger partial charge in [-0.05, 0) is 19.8 Å². The Morgan fingerprint density at radius 2 is 2.00 bits per heavy atom. The molecular formula is C11H21NO3S. The molecule has 0 heterocycles. The van der Waals surface area contributed by atoms with Crippen LogP contribution in [0.5, 0.6) is 0 Å². The molecule has 0 aromatic rings. The summed E-state index contributed by atoms with van der Waals surface area (Å²) in [6.45, 7) is 5.52. The highest BCUT2D eigenvalue weighted by molar-refractivity contribution is 8.02. The molecular weight excluding hydrogens is 226 g/mol. The molecule has 2 atom stereocenters. The molecule has 3 N–H and O–H groups in total. The molecule has 0 aliphatic carbocycles. The average molecular weight is 247 g/mol. The lowest BCUT2D eigenvalue weighted by Crippen LogP contribution is -2.39. The van der Waals surface area contributed by atoms with E-state index in [0.717, 1.165) is 12.8 Å². The summed E-state index contributed by atoms with van der Waals surface area (Å²) >= 11 is 1.17. The van der Waals surface area contributed by atoms with Crippen LogP contribution < -0.4 is 5.73 Å². The summed E-state index contributed by atoms with van der Waals surface area (Å²) < 4.78 is -0.871. The molecule has 0 saturated carbocycles. The van der Waals surface area contributed by atoms with E-state index in [0.29, 0.717) is 12.8 Å². The van der Waals surface area contributed by atoms with Crippen LogP contribution in [0.1, 0.15) is 46.5 Å². The fourth-order valence-electron chi connectivity index (χ4n) is 1.49. The van der Waals surface area contributed by atoms with Crippen molar-refractivity contribution < 1.29 is 14.7 Å². The number of nitrogens with two attached hydrogens (primary N) is 1. The smallest absolute Gasteiger partial charge is 0.319 e. The molecule has 2 unspecified atom stereocenters. The zero-order valence-corrected chi connectivity index (χ0v) is 11.0. The van der Waals surface area contributed by atoms with Gasteiger partial charge in [0, 0.05) is 0 Å². The first kappa shape index (κ1) is 15.3. The lowest BCUT2D eigenvalue weighted by Gasteiger charge is -2.29. The maximum absolute atomic E-state index is 11.3. The van der Waals surface area contributed by atoms with E-state index >= 15 is 0 Å². The molecule has 0 saturated heterocycles. The average Bonchev–Trinajstić information content (AvgIpc) is 2.23. The van der Waals surface area contributed by atoms with Crippen LogP contribution in [0.25, 0.3) is 0 Å². The molecule has 0 aromatic heterocycles. The number of carboxylic acids is 1. The Balaban J connectivity index is 4.75. The van der Waals surface area contributed by atoms with Gasteiger partial charge in [-0.2, -0.15) is 0 Å². The Kier molecular flexibility index (Phi) is 6.48. The predicted molar refractivity (Wildman–Crippen MR) is 66.4 cm³/mol. The molecule has 0 bridgehead atoms. The van der Waals surface area contributed by atoms with Crippen molar-refractivity contribution in [1.82, 2.24) is 0 Å². The van der Waals surface area contributed by atoms with Crippen LogP contribution in [-0.4, -0.2) is 27.0 Å². The monoisotopic (exact) mass is 247 g/mol. The van der Waals surface area contributed by atoms with E-state index in [2.05, 4.69) is 0 Å². The Bertz CT molecular complexity index is 258. The van der Waals surface area contributed by atoms with Crippen LogP contribution in [0.3, 0.4) is 0 Å². The van der Waals surface area contributed by atoms with Gasteiger partial charge in [0.15, 0.2) is 0 Å². The number of rotatable bonds is 8.